The van der Waals surface area contributed by atoms with E-state index in [0.29, 0.717) is 17.9 Å². The molecule has 0 aliphatic heterocycles. The molecule has 0 aliphatic carbocycles. The third-order valence-electron chi connectivity index (χ3n) is 4.01. The molecule has 0 radical (unpaired) electrons. The summed E-state index contributed by atoms with van der Waals surface area (Å²) < 4.78 is 6.64. The van der Waals surface area contributed by atoms with Crippen molar-refractivity contribution in [3.05, 3.63) is 81.3 Å². The first-order valence-electron chi connectivity index (χ1n) is 8.51. The molecule has 144 valence electrons. The molecule has 2 aromatic heterocycles. The Morgan fingerprint density at radius 1 is 1.14 bits per heavy atom. The highest BCUT2D eigenvalue weighted by molar-refractivity contribution is 9.10. The van der Waals surface area contributed by atoms with E-state index in [9.17, 15) is 9.59 Å². The van der Waals surface area contributed by atoms with Crippen LogP contribution in [0.2, 0.25) is 0 Å². The van der Waals surface area contributed by atoms with Crippen LogP contribution in [0.4, 0.5) is 0 Å². The van der Waals surface area contributed by atoms with E-state index in [1.165, 1.54) is 0 Å². The van der Waals surface area contributed by atoms with Gasteiger partial charge in [0.1, 0.15) is 18.1 Å². The number of aryl methyl sites for hydroxylation is 2. The Hall–Kier alpha value is -3.13. The van der Waals surface area contributed by atoms with E-state index < -0.39 is 11.8 Å². The Morgan fingerprint density at radius 2 is 1.86 bits per heavy atom. The Morgan fingerprint density at radius 3 is 2.46 bits per heavy atom. The van der Waals surface area contributed by atoms with Gasteiger partial charge in [0.15, 0.2) is 0 Å². The molecule has 3 aromatic rings. The van der Waals surface area contributed by atoms with Crippen LogP contribution in [0.25, 0.3) is 0 Å². The lowest BCUT2D eigenvalue weighted by atomic mass is 10.1. The first-order chi connectivity index (χ1) is 13.4. The van der Waals surface area contributed by atoms with Crippen LogP contribution in [0.5, 0.6) is 5.75 Å². The van der Waals surface area contributed by atoms with Crippen molar-refractivity contribution in [3.63, 3.8) is 0 Å². The van der Waals surface area contributed by atoms with Gasteiger partial charge in [0.05, 0.1) is 0 Å². The Bertz CT molecular complexity index is 979. The fourth-order valence-corrected chi connectivity index (χ4v) is 3.04. The smallest absolute Gasteiger partial charge is 0.286 e. The monoisotopic (exact) mass is 442 g/mol. The van der Waals surface area contributed by atoms with E-state index in [1.807, 2.05) is 26.0 Å². The molecule has 0 aliphatic rings. The van der Waals surface area contributed by atoms with Gasteiger partial charge in [0.25, 0.3) is 11.8 Å². The van der Waals surface area contributed by atoms with Gasteiger partial charge >= 0.3 is 0 Å². The number of hydrogen-bond acceptors (Lipinski definition) is 4. The van der Waals surface area contributed by atoms with Gasteiger partial charge in [-0.15, -0.1) is 0 Å². The number of hydrazine groups is 1. The van der Waals surface area contributed by atoms with Crippen LogP contribution >= 0.6 is 15.9 Å². The maximum atomic E-state index is 12.4. The van der Waals surface area contributed by atoms with Gasteiger partial charge in [-0.2, -0.15) is 0 Å². The van der Waals surface area contributed by atoms with Crippen LogP contribution in [0.1, 0.15) is 37.5 Å². The van der Waals surface area contributed by atoms with Gasteiger partial charge in [-0.3, -0.25) is 25.4 Å². The second kappa shape index (κ2) is 8.71. The zero-order chi connectivity index (χ0) is 20.1. The predicted molar refractivity (Wildman–Crippen MR) is 108 cm³/mol. The number of carbonyl (C=O) groups excluding carboxylic acids is 2. The summed E-state index contributed by atoms with van der Waals surface area (Å²) in [6.45, 7) is 4.14. The number of aromatic nitrogens is 2. The molecule has 8 heteroatoms. The van der Waals surface area contributed by atoms with Gasteiger partial charge < -0.3 is 9.72 Å². The summed E-state index contributed by atoms with van der Waals surface area (Å²) in [6.07, 6.45) is 5.09. The van der Waals surface area contributed by atoms with Crippen LogP contribution < -0.4 is 15.6 Å². The van der Waals surface area contributed by atoms with Crippen LogP contribution in [0, 0.1) is 13.8 Å². The molecule has 0 unspecified atom stereocenters. The van der Waals surface area contributed by atoms with E-state index in [2.05, 4.69) is 36.7 Å². The summed E-state index contributed by atoms with van der Waals surface area (Å²) in [5, 5.41) is 0. The topological polar surface area (TPSA) is 96.1 Å². The number of nitrogens with one attached hydrogen (secondary N) is 3. The number of pyridine rings is 1. The standard InChI is InChI=1S/C20H19BrN4O3/c1-12-6-15(19(26)24-25-20(27)17-8-16(21)10-23-17)7-13(2)18(12)28-11-14-4-3-5-22-9-14/h3-10,23H,11H2,1-2H3,(H,24,26)(H,25,27). The van der Waals surface area contributed by atoms with E-state index in [0.717, 1.165) is 26.9 Å². The molecule has 2 heterocycles. The van der Waals surface area contributed by atoms with E-state index in [-0.39, 0.29) is 0 Å². The summed E-state index contributed by atoms with van der Waals surface area (Å²) >= 11 is 3.25. The quantitative estimate of drug-likeness (QED) is 0.527. The molecular weight excluding hydrogens is 424 g/mol. The number of halogens is 1. The van der Waals surface area contributed by atoms with Gasteiger partial charge in [-0.25, -0.2) is 0 Å². The lowest BCUT2D eigenvalue weighted by molar-refractivity contribution is 0.0844. The minimum atomic E-state index is -0.441. The van der Waals surface area contributed by atoms with Crippen molar-refractivity contribution < 1.29 is 14.3 Å². The normalized spacial score (nSPS) is 10.4. The van der Waals surface area contributed by atoms with Crippen molar-refractivity contribution in [2.75, 3.05) is 0 Å². The Labute approximate surface area is 170 Å². The number of carbonyl (C=O) groups is 2. The zero-order valence-electron chi connectivity index (χ0n) is 15.4. The molecule has 0 spiro atoms. The van der Waals surface area contributed by atoms with Crippen molar-refractivity contribution >= 4 is 27.7 Å². The Balaban J connectivity index is 1.64. The largest absolute Gasteiger partial charge is 0.488 e. The molecule has 3 N–H and O–H groups in total. The van der Waals surface area contributed by atoms with Crippen LogP contribution in [0.15, 0.2) is 53.4 Å². The number of hydrogen-bond donors (Lipinski definition) is 3. The number of aromatic amines is 1. The van der Waals surface area contributed by atoms with Gasteiger partial charge in [-0.1, -0.05) is 6.07 Å². The fraction of sp³-hybridized carbons (Fsp3) is 0.150. The van der Waals surface area contributed by atoms with Crippen molar-refractivity contribution in [2.45, 2.75) is 20.5 Å². The van der Waals surface area contributed by atoms with Crippen molar-refractivity contribution in [1.29, 1.82) is 0 Å². The van der Waals surface area contributed by atoms with Gasteiger partial charge in [0.2, 0.25) is 0 Å². The number of nitrogens with zero attached hydrogens (tertiary/aromatic N) is 1. The number of H-pyrrole nitrogens is 1. The molecule has 28 heavy (non-hydrogen) atoms. The molecule has 0 fully saturated rings. The van der Waals surface area contributed by atoms with E-state index in [4.69, 9.17) is 4.74 Å². The minimum absolute atomic E-state index is 0.332. The molecule has 7 nitrogen and oxygen atoms in total. The fourth-order valence-electron chi connectivity index (χ4n) is 2.70. The predicted octanol–water partition coefficient (Wildman–Crippen LogP) is 3.44. The van der Waals surface area contributed by atoms with Gasteiger partial charge in [0, 0.05) is 34.2 Å². The van der Waals surface area contributed by atoms with Crippen molar-refractivity contribution in [2.24, 2.45) is 0 Å². The highest BCUT2D eigenvalue weighted by Crippen LogP contribution is 2.25. The Kier molecular flexibility index (Phi) is 6.10. The third-order valence-corrected chi connectivity index (χ3v) is 4.47. The molecule has 3 rings (SSSR count). The first-order valence-corrected chi connectivity index (χ1v) is 9.31. The highest BCUT2D eigenvalue weighted by atomic mass is 79.9. The molecular formula is C20H19BrN4O3. The maximum Gasteiger partial charge on any atom is 0.286 e. The summed E-state index contributed by atoms with van der Waals surface area (Å²) in [5.74, 6) is -0.131. The number of benzene rings is 1. The first kappa shape index (κ1) is 19.6. The zero-order valence-corrected chi connectivity index (χ0v) is 17.0. The SMILES string of the molecule is Cc1cc(C(=O)NNC(=O)c2cc(Br)c[nH]2)cc(C)c1OCc1cccnc1. The number of amides is 2. The summed E-state index contributed by atoms with van der Waals surface area (Å²) in [7, 11) is 0. The molecule has 2 amide bonds. The van der Waals surface area contributed by atoms with Crippen LogP contribution in [-0.2, 0) is 6.61 Å². The second-order valence-electron chi connectivity index (χ2n) is 6.23. The third kappa shape index (κ3) is 4.77. The van der Waals surface area contributed by atoms with Crippen molar-refractivity contribution in [1.82, 2.24) is 20.8 Å². The number of ether oxygens (including phenoxy) is 1. The average molecular weight is 443 g/mol. The van der Waals surface area contributed by atoms with Crippen molar-refractivity contribution in [3.8, 4) is 5.75 Å². The number of rotatable bonds is 5. The second-order valence-corrected chi connectivity index (χ2v) is 7.14. The molecule has 0 saturated carbocycles. The summed E-state index contributed by atoms with van der Waals surface area (Å²) in [5.41, 5.74) is 8.17. The molecule has 1 aromatic carbocycles. The van der Waals surface area contributed by atoms with E-state index >= 15 is 0 Å². The van der Waals surface area contributed by atoms with E-state index in [1.54, 1.807) is 36.8 Å². The average Bonchev–Trinajstić information content (AvgIpc) is 3.12. The lowest BCUT2D eigenvalue weighted by Gasteiger charge is -2.14. The highest BCUT2D eigenvalue weighted by Gasteiger charge is 2.14. The van der Waals surface area contributed by atoms with Gasteiger partial charge in [-0.05, 0) is 65.2 Å². The molecule has 0 bridgehead atoms. The summed E-state index contributed by atoms with van der Waals surface area (Å²) in [4.78, 5) is 31.2. The lowest BCUT2D eigenvalue weighted by Crippen LogP contribution is -2.41. The molecule has 0 saturated heterocycles. The molecule has 0 atom stereocenters. The van der Waals surface area contributed by atoms with Crippen LogP contribution in [0.3, 0.4) is 0 Å². The maximum absolute atomic E-state index is 12.4. The van der Waals surface area contributed by atoms with Crippen LogP contribution in [-0.4, -0.2) is 21.8 Å². The summed E-state index contributed by atoms with van der Waals surface area (Å²) in [6, 6.07) is 8.84. The minimum Gasteiger partial charge on any atom is -0.488 e.